The van der Waals surface area contributed by atoms with Gasteiger partial charge in [-0.05, 0) is 31.5 Å². The van der Waals surface area contributed by atoms with Crippen molar-refractivity contribution in [3.63, 3.8) is 0 Å². The second-order valence-electron chi connectivity index (χ2n) is 5.08. The Hall–Kier alpha value is -1.60. The second kappa shape index (κ2) is 6.44. The monoisotopic (exact) mass is 302 g/mol. The van der Waals surface area contributed by atoms with Gasteiger partial charge in [-0.2, -0.15) is 13.2 Å². The molecule has 0 saturated carbocycles. The van der Waals surface area contributed by atoms with Gasteiger partial charge in [-0.15, -0.1) is 0 Å². The maximum atomic E-state index is 12.6. The molecule has 1 fully saturated rings. The van der Waals surface area contributed by atoms with E-state index < -0.39 is 18.3 Å². The van der Waals surface area contributed by atoms with Gasteiger partial charge in [0.1, 0.15) is 0 Å². The molecular weight excluding hydrogens is 285 g/mol. The highest BCUT2D eigenvalue weighted by molar-refractivity contribution is 5.92. The summed E-state index contributed by atoms with van der Waals surface area (Å²) >= 11 is 0. The van der Waals surface area contributed by atoms with Crippen LogP contribution >= 0.6 is 0 Å². The molecule has 1 aliphatic rings. The molecule has 0 spiro atoms. The molecule has 1 aromatic rings. The van der Waals surface area contributed by atoms with E-state index in [0.717, 1.165) is 0 Å². The molecule has 0 aliphatic carbocycles. The molecule has 4 nitrogen and oxygen atoms in total. The molecule has 2 atom stereocenters. The fourth-order valence-electron chi connectivity index (χ4n) is 2.53. The summed E-state index contributed by atoms with van der Waals surface area (Å²) in [7, 11) is 0. The molecule has 1 heterocycles. The first-order chi connectivity index (χ1) is 9.88. The van der Waals surface area contributed by atoms with E-state index in [4.69, 9.17) is 0 Å². The lowest BCUT2D eigenvalue weighted by molar-refractivity contribution is -0.219. The summed E-state index contributed by atoms with van der Waals surface area (Å²) in [5, 5.41) is 12.0. The van der Waals surface area contributed by atoms with Crippen LogP contribution in [-0.2, 0) is 4.79 Å². The number of carbonyl (C=O) groups excluding carboxylic acids is 1. The zero-order valence-corrected chi connectivity index (χ0v) is 11.3. The number of amides is 1. The van der Waals surface area contributed by atoms with Gasteiger partial charge < -0.3 is 10.4 Å². The lowest BCUT2D eigenvalue weighted by Gasteiger charge is -2.29. The van der Waals surface area contributed by atoms with Gasteiger partial charge in [0, 0.05) is 11.7 Å². The molecule has 1 amide bonds. The molecular formula is C14H17F3N2O2. The van der Waals surface area contributed by atoms with E-state index >= 15 is 0 Å². The number of anilines is 1. The van der Waals surface area contributed by atoms with Crippen molar-refractivity contribution in [2.24, 2.45) is 0 Å². The van der Waals surface area contributed by atoms with Crippen LogP contribution in [0, 0.1) is 0 Å². The first kappa shape index (κ1) is 15.8. The Bertz CT molecular complexity index is 479. The van der Waals surface area contributed by atoms with Crippen LogP contribution < -0.4 is 5.32 Å². The number of para-hydroxylation sites is 1. The van der Waals surface area contributed by atoms with Gasteiger partial charge in [0.2, 0.25) is 5.91 Å². The van der Waals surface area contributed by atoms with Crippen LogP contribution in [0.25, 0.3) is 0 Å². The first-order valence-corrected chi connectivity index (χ1v) is 6.71. The Morgan fingerprint density at radius 3 is 2.67 bits per heavy atom. The number of halogens is 3. The number of rotatable bonds is 4. The Balaban J connectivity index is 1.93. The number of likely N-dealkylation sites (tertiary alicyclic amines) is 1. The Morgan fingerprint density at radius 1 is 1.38 bits per heavy atom. The third-order valence-corrected chi connectivity index (χ3v) is 3.52. The van der Waals surface area contributed by atoms with E-state index in [9.17, 15) is 23.1 Å². The van der Waals surface area contributed by atoms with Crippen LogP contribution in [0.1, 0.15) is 12.8 Å². The molecule has 21 heavy (non-hydrogen) atoms. The van der Waals surface area contributed by atoms with Gasteiger partial charge in [-0.25, -0.2) is 0 Å². The lowest BCUT2D eigenvalue weighted by atomic mass is 10.1. The van der Waals surface area contributed by atoms with Crippen molar-refractivity contribution in [2.45, 2.75) is 31.2 Å². The van der Waals surface area contributed by atoms with Crippen LogP contribution in [0.15, 0.2) is 30.3 Å². The summed E-state index contributed by atoms with van der Waals surface area (Å²) in [6.45, 7) is 0.215. The van der Waals surface area contributed by atoms with Crippen molar-refractivity contribution >= 4 is 11.6 Å². The molecule has 1 aromatic carbocycles. The van der Waals surface area contributed by atoms with Crippen LogP contribution in [0.5, 0.6) is 0 Å². The minimum absolute atomic E-state index is 0.160. The van der Waals surface area contributed by atoms with Gasteiger partial charge in [0.15, 0.2) is 6.10 Å². The molecule has 0 aromatic heterocycles. The largest absolute Gasteiger partial charge is 0.415 e. The van der Waals surface area contributed by atoms with Crippen molar-refractivity contribution in [3.8, 4) is 0 Å². The first-order valence-electron chi connectivity index (χ1n) is 6.71. The SMILES string of the molecule is O=C(CN1CCC[C@@H]1[C@H](O)C(F)(F)F)Nc1ccccc1. The number of aliphatic hydroxyl groups excluding tert-OH is 1. The number of nitrogens with zero attached hydrogens (tertiary/aromatic N) is 1. The number of nitrogens with one attached hydrogen (secondary N) is 1. The average molecular weight is 302 g/mol. The lowest BCUT2D eigenvalue weighted by Crippen LogP contribution is -2.49. The van der Waals surface area contributed by atoms with E-state index in [-0.39, 0.29) is 18.9 Å². The summed E-state index contributed by atoms with van der Waals surface area (Å²) in [5.41, 5.74) is 0.592. The van der Waals surface area contributed by atoms with Crippen LogP contribution in [0.4, 0.5) is 18.9 Å². The summed E-state index contributed by atoms with van der Waals surface area (Å²) in [6.07, 6.45) is -6.30. The highest BCUT2D eigenvalue weighted by atomic mass is 19.4. The van der Waals surface area contributed by atoms with Gasteiger partial charge in [-0.3, -0.25) is 9.69 Å². The van der Waals surface area contributed by atoms with E-state index in [0.29, 0.717) is 18.7 Å². The minimum atomic E-state index is -4.66. The van der Waals surface area contributed by atoms with Gasteiger partial charge in [0.05, 0.1) is 6.54 Å². The van der Waals surface area contributed by atoms with Gasteiger partial charge in [-0.1, -0.05) is 18.2 Å². The molecule has 0 unspecified atom stereocenters. The van der Waals surface area contributed by atoms with E-state index in [1.807, 2.05) is 0 Å². The normalized spacial score (nSPS) is 21.2. The van der Waals surface area contributed by atoms with Gasteiger partial charge >= 0.3 is 6.18 Å². The Morgan fingerprint density at radius 2 is 2.05 bits per heavy atom. The van der Waals surface area contributed by atoms with Gasteiger partial charge in [0.25, 0.3) is 0 Å². The highest BCUT2D eigenvalue weighted by Crippen LogP contribution is 2.30. The highest BCUT2D eigenvalue weighted by Gasteiger charge is 2.47. The molecule has 1 saturated heterocycles. The van der Waals surface area contributed by atoms with Crippen LogP contribution in [-0.4, -0.2) is 47.3 Å². The standard InChI is InChI=1S/C14H17F3N2O2/c15-14(16,17)13(21)11-7-4-8-19(11)9-12(20)18-10-5-2-1-3-6-10/h1-3,5-6,11,13,21H,4,7-9H2,(H,18,20)/t11-,13+/m1/s1. The molecule has 0 bridgehead atoms. The van der Waals surface area contributed by atoms with Crippen molar-refractivity contribution in [2.75, 3.05) is 18.4 Å². The van der Waals surface area contributed by atoms with Crippen molar-refractivity contribution in [1.29, 1.82) is 0 Å². The maximum Gasteiger partial charge on any atom is 0.415 e. The molecule has 1 aliphatic heterocycles. The third-order valence-electron chi connectivity index (χ3n) is 3.52. The van der Waals surface area contributed by atoms with Crippen LogP contribution in [0.3, 0.4) is 0 Å². The van der Waals surface area contributed by atoms with E-state index in [2.05, 4.69) is 5.32 Å². The molecule has 0 radical (unpaired) electrons. The number of hydrogen-bond acceptors (Lipinski definition) is 3. The zero-order valence-electron chi connectivity index (χ0n) is 11.3. The van der Waals surface area contributed by atoms with E-state index in [1.54, 1.807) is 30.3 Å². The Labute approximate surface area is 120 Å². The minimum Gasteiger partial charge on any atom is -0.382 e. The summed E-state index contributed by atoms with van der Waals surface area (Å²) in [6, 6.07) is 7.65. The summed E-state index contributed by atoms with van der Waals surface area (Å²) in [4.78, 5) is 13.3. The summed E-state index contributed by atoms with van der Waals surface area (Å²) in [5.74, 6) is -0.387. The molecule has 2 rings (SSSR count). The van der Waals surface area contributed by atoms with Crippen LogP contribution in [0.2, 0.25) is 0 Å². The Kier molecular flexibility index (Phi) is 4.84. The average Bonchev–Trinajstić information content (AvgIpc) is 2.85. The number of aliphatic hydroxyl groups is 1. The number of benzene rings is 1. The second-order valence-corrected chi connectivity index (χ2v) is 5.08. The molecule has 7 heteroatoms. The maximum absolute atomic E-state index is 12.6. The topological polar surface area (TPSA) is 52.6 Å². The fourth-order valence-corrected chi connectivity index (χ4v) is 2.53. The van der Waals surface area contributed by atoms with E-state index in [1.165, 1.54) is 4.90 Å². The van der Waals surface area contributed by atoms with Crippen molar-refractivity contribution < 1.29 is 23.1 Å². The van der Waals surface area contributed by atoms with Crippen molar-refractivity contribution in [1.82, 2.24) is 4.90 Å². The predicted molar refractivity (Wildman–Crippen MR) is 71.7 cm³/mol. The summed E-state index contributed by atoms with van der Waals surface area (Å²) < 4.78 is 37.7. The predicted octanol–water partition coefficient (Wildman–Crippen LogP) is 2.01. The quantitative estimate of drug-likeness (QED) is 0.894. The number of alkyl halides is 3. The third kappa shape index (κ3) is 4.18. The van der Waals surface area contributed by atoms with Crippen molar-refractivity contribution in [3.05, 3.63) is 30.3 Å². The zero-order chi connectivity index (χ0) is 15.5. The number of hydrogen-bond donors (Lipinski definition) is 2. The number of carbonyl (C=O) groups is 1. The molecule has 116 valence electrons. The fraction of sp³-hybridized carbons (Fsp3) is 0.500. The molecule has 2 N–H and O–H groups in total. The smallest absolute Gasteiger partial charge is 0.382 e.